The molecule has 6 nitrogen and oxygen atoms in total. The topological polar surface area (TPSA) is 80.3 Å². The lowest BCUT2D eigenvalue weighted by molar-refractivity contribution is -0.143. The van der Waals surface area contributed by atoms with Crippen LogP contribution in [0.3, 0.4) is 0 Å². The van der Waals surface area contributed by atoms with Crippen LogP contribution in [0, 0.1) is 6.92 Å². The Kier molecular flexibility index (Phi) is 3.86. The molecule has 1 aliphatic heterocycles. The minimum absolute atomic E-state index is 0.381. The first kappa shape index (κ1) is 16.8. The smallest absolute Gasteiger partial charge is 0.280 e. The number of anilines is 2. The van der Waals surface area contributed by atoms with Crippen molar-refractivity contribution in [3.05, 3.63) is 47.0 Å². The number of ether oxygens (including phenoxy) is 1. The number of nitrogens with one attached hydrogen (secondary N) is 2. The number of rotatable bonds is 2. The number of halogens is 1. The summed E-state index contributed by atoms with van der Waals surface area (Å²) >= 11 is 7.27. The van der Waals surface area contributed by atoms with E-state index in [1.807, 2.05) is 25.1 Å². The van der Waals surface area contributed by atoms with Crippen molar-refractivity contribution in [2.75, 3.05) is 10.6 Å². The van der Waals surface area contributed by atoms with Crippen LogP contribution in [-0.2, 0) is 9.59 Å². The molecule has 0 saturated heterocycles. The molecule has 26 heavy (non-hydrogen) atoms. The van der Waals surface area contributed by atoms with Crippen LogP contribution in [0.2, 0.25) is 5.02 Å². The van der Waals surface area contributed by atoms with Crippen molar-refractivity contribution in [1.29, 1.82) is 0 Å². The van der Waals surface area contributed by atoms with E-state index in [1.165, 1.54) is 18.3 Å². The highest BCUT2D eigenvalue weighted by molar-refractivity contribution is 7.22. The Labute approximate surface area is 158 Å². The minimum atomic E-state index is -1.71. The zero-order chi connectivity index (χ0) is 18.5. The van der Waals surface area contributed by atoms with E-state index in [0.29, 0.717) is 21.6 Å². The summed E-state index contributed by atoms with van der Waals surface area (Å²) in [5.74, 6) is -0.778. The van der Waals surface area contributed by atoms with Gasteiger partial charge in [-0.15, -0.1) is 0 Å². The van der Waals surface area contributed by atoms with Crippen molar-refractivity contribution in [2.45, 2.75) is 19.4 Å². The number of benzene rings is 2. The lowest BCUT2D eigenvalue weighted by atomic mass is 10.0. The predicted molar refractivity (Wildman–Crippen MR) is 102 cm³/mol. The summed E-state index contributed by atoms with van der Waals surface area (Å²) in [4.78, 5) is 29.6. The van der Waals surface area contributed by atoms with Crippen molar-refractivity contribution in [1.82, 2.24) is 4.98 Å². The summed E-state index contributed by atoms with van der Waals surface area (Å²) in [6.07, 6.45) is 0. The van der Waals surface area contributed by atoms with Gasteiger partial charge in [0.1, 0.15) is 5.75 Å². The summed E-state index contributed by atoms with van der Waals surface area (Å²) in [5.41, 5.74) is 0.615. The fourth-order valence-electron chi connectivity index (χ4n) is 2.65. The van der Waals surface area contributed by atoms with Gasteiger partial charge < -0.3 is 10.1 Å². The largest absolute Gasteiger partial charge is 0.466 e. The van der Waals surface area contributed by atoms with E-state index in [1.54, 1.807) is 18.2 Å². The number of thiazole rings is 1. The minimum Gasteiger partial charge on any atom is -0.466 e. The van der Waals surface area contributed by atoms with E-state index in [0.717, 1.165) is 15.8 Å². The number of aryl methyl sites for hydroxylation is 1. The molecule has 0 saturated carbocycles. The molecule has 0 bridgehead atoms. The third-order valence-corrected chi connectivity index (χ3v) is 5.30. The quantitative estimate of drug-likeness (QED) is 0.651. The monoisotopic (exact) mass is 387 g/mol. The number of nitrogens with zero attached hydrogens (tertiary/aromatic N) is 1. The molecule has 1 aromatic heterocycles. The van der Waals surface area contributed by atoms with Gasteiger partial charge >= 0.3 is 0 Å². The van der Waals surface area contributed by atoms with Crippen LogP contribution in [0.1, 0.15) is 12.5 Å². The second-order valence-corrected chi connectivity index (χ2v) is 7.64. The van der Waals surface area contributed by atoms with Crippen LogP contribution in [0.25, 0.3) is 10.2 Å². The van der Waals surface area contributed by atoms with E-state index in [9.17, 15) is 9.59 Å². The van der Waals surface area contributed by atoms with Gasteiger partial charge in [-0.05, 0) is 49.7 Å². The molecule has 0 fully saturated rings. The van der Waals surface area contributed by atoms with Crippen molar-refractivity contribution < 1.29 is 14.3 Å². The summed E-state index contributed by atoms with van der Waals surface area (Å²) < 4.78 is 6.67. The van der Waals surface area contributed by atoms with Crippen LogP contribution in [0.15, 0.2) is 36.4 Å². The highest BCUT2D eigenvalue weighted by atomic mass is 35.5. The molecule has 3 aromatic rings. The second kappa shape index (κ2) is 5.96. The van der Waals surface area contributed by atoms with Crippen LogP contribution >= 0.6 is 22.9 Å². The molecule has 0 aliphatic carbocycles. The highest BCUT2D eigenvalue weighted by Crippen LogP contribution is 2.36. The summed E-state index contributed by atoms with van der Waals surface area (Å²) in [5, 5.41) is 6.23. The fourth-order valence-corrected chi connectivity index (χ4v) is 3.78. The number of carbonyl (C=O) groups excluding carboxylic acids is 2. The van der Waals surface area contributed by atoms with Gasteiger partial charge in [-0.25, -0.2) is 4.98 Å². The Morgan fingerprint density at radius 1 is 1.31 bits per heavy atom. The van der Waals surface area contributed by atoms with Crippen LogP contribution in [-0.4, -0.2) is 22.4 Å². The van der Waals surface area contributed by atoms with Gasteiger partial charge in [-0.3, -0.25) is 14.9 Å². The maximum absolute atomic E-state index is 12.8. The average molecular weight is 388 g/mol. The number of carbonyl (C=O) groups is 2. The fraction of sp³-hybridized carbons (Fsp3) is 0.167. The molecule has 8 heteroatoms. The average Bonchev–Trinajstić information content (AvgIpc) is 2.97. The van der Waals surface area contributed by atoms with E-state index < -0.39 is 17.4 Å². The number of hydrogen-bond acceptors (Lipinski definition) is 5. The molecule has 2 amide bonds. The molecule has 132 valence electrons. The van der Waals surface area contributed by atoms with Crippen LogP contribution < -0.4 is 15.4 Å². The highest BCUT2D eigenvalue weighted by Gasteiger charge is 2.47. The SMILES string of the molecule is Cc1ccc2nc(NC(=O)C3(C)Oc4ccc(Cl)cc4NC3=O)sc2c1. The Bertz CT molecular complexity index is 1070. The standard InChI is InChI=1S/C18H14ClN3O3S/c1-9-3-5-11-14(7-9)26-17(21-11)22-16(24)18(2)15(23)20-12-8-10(19)4-6-13(12)25-18/h3-8H,1-2H3,(H,20,23)(H,21,22,24). The van der Waals surface area contributed by atoms with Crippen LogP contribution in [0.4, 0.5) is 10.8 Å². The van der Waals surface area contributed by atoms with E-state index in [4.69, 9.17) is 16.3 Å². The number of hydrogen-bond donors (Lipinski definition) is 2. The first-order valence-corrected chi connectivity index (χ1v) is 9.03. The van der Waals surface area contributed by atoms with Crippen molar-refractivity contribution >= 4 is 55.8 Å². The molecule has 1 aliphatic rings. The molecular weight excluding hydrogens is 374 g/mol. The summed E-state index contributed by atoms with van der Waals surface area (Å²) in [6, 6.07) is 10.7. The van der Waals surface area contributed by atoms with E-state index in [2.05, 4.69) is 15.6 Å². The molecule has 2 aromatic carbocycles. The maximum Gasteiger partial charge on any atom is 0.280 e. The third-order valence-electron chi connectivity index (χ3n) is 4.13. The zero-order valence-electron chi connectivity index (χ0n) is 13.9. The first-order valence-electron chi connectivity index (χ1n) is 7.84. The summed E-state index contributed by atoms with van der Waals surface area (Å²) in [6.45, 7) is 3.41. The van der Waals surface area contributed by atoms with E-state index >= 15 is 0 Å². The van der Waals surface area contributed by atoms with E-state index in [-0.39, 0.29) is 0 Å². The Balaban J connectivity index is 1.62. The normalized spacial score (nSPS) is 18.8. The molecule has 0 spiro atoms. The molecule has 1 atom stereocenters. The van der Waals surface area contributed by atoms with Crippen LogP contribution in [0.5, 0.6) is 5.75 Å². The van der Waals surface area contributed by atoms with Gasteiger partial charge in [0.05, 0.1) is 15.9 Å². The molecule has 2 heterocycles. The van der Waals surface area contributed by atoms with Gasteiger partial charge in [0, 0.05) is 5.02 Å². The van der Waals surface area contributed by atoms with Gasteiger partial charge in [0.15, 0.2) is 5.13 Å². The van der Waals surface area contributed by atoms with Gasteiger partial charge in [-0.2, -0.15) is 0 Å². The first-order chi connectivity index (χ1) is 12.3. The Hall–Kier alpha value is -2.64. The Morgan fingerprint density at radius 3 is 2.92 bits per heavy atom. The molecule has 2 N–H and O–H groups in total. The van der Waals surface area contributed by atoms with Gasteiger partial charge in [0.2, 0.25) is 0 Å². The lowest BCUT2D eigenvalue weighted by Crippen LogP contribution is -2.56. The lowest BCUT2D eigenvalue weighted by Gasteiger charge is -2.33. The van der Waals surface area contributed by atoms with Crippen molar-refractivity contribution in [3.63, 3.8) is 0 Å². The maximum atomic E-state index is 12.8. The van der Waals surface area contributed by atoms with Crippen molar-refractivity contribution in [3.8, 4) is 5.75 Å². The third kappa shape index (κ3) is 2.79. The predicted octanol–water partition coefficient (Wildman–Crippen LogP) is 3.99. The number of amides is 2. The number of fused-ring (bicyclic) bond motifs is 2. The molecular formula is C18H14ClN3O3S. The van der Waals surface area contributed by atoms with Crippen molar-refractivity contribution in [2.24, 2.45) is 0 Å². The zero-order valence-corrected chi connectivity index (χ0v) is 15.5. The van der Waals surface area contributed by atoms with Gasteiger partial charge in [-0.1, -0.05) is 29.0 Å². The Morgan fingerprint density at radius 2 is 2.12 bits per heavy atom. The molecule has 1 unspecified atom stereocenters. The molecule has 4 rings (SSSR count). The summed E-state index contributed by atoms with van der Waals surface area (Å²) in [7, 11) is 0. The molecule has 0 radical (unpaired) electrons. The number of aromatic nitrogens is 1. The second-order valence-electron chi connectivity index (χ2n) is 6.17. The van der Waals surface area contributed by atoms with Gasteiger partial charge in [0.25, 0.3) is 17.4 Å².